The molecule has 0 aromatic heterocycles. The van der Waals surface area contributed by atoms with Crippen LogP contribution in [0.3, 0.4) is 0 Å². The number of hydrogen-bond donors (Lipinski definition) is 0. The molecule has 1 heterocycles. The molecule has 14 heavy (non-hydrogen) atoms. The van der Waals surface area contributed by atoms with Crippen molar-refractivity contribution in [3.05, 3.63) is 0 Å². The fourth-order valence-electron chi connectivity index (χ4n) is 1.62. The zero-order valence-electron chi connectivity index (χ0n) is 9.41. The lowest BCUT2D eigenvalue weighted by Gasteiger charge is -2.25. The van der Waals surface area contributed by atoms with Gasteiger partial charge in [-0.25, -0.2) is 0 Å². The van der Waals surface area contributed by atoms with E-state index in [0.717, 1.165) is 12.8 Å². The molecule has 4 heteroatoms. The van der Waals surface area contributed by atoms with Crippen LogP contribution in [-0.2, 0) is 9.16 Å². The van der Waals surface area contributed by atoms with E-state index in [1.54, 1.807) is 0 Å². The second kappa shape index (κ2) is 4.43. The van der Waals surface area contributed by atoms with Crippen molar-refractivity contribution >= 4 is 8.32 Å². The molecule has 3 unspecified atom stereocenters. The Kier molecular flexibility index (Phi) is 3.70. The zero-order valence-corrected chi connectivity index (χ0v) is 10.4. The highest BCUT2D eigenvalue weighted by Gasteiger charge is 2.33. The van der Waals surface area contributed by atoms with E-state index in [2.05, 4.69) is 25.7 Å². The van der Waals surface area contributed by atoms with E-state index in [-0.39, 0.29) is 18.3 Å². The van der Waals surface area contributed by atoms with Crippen molar-refractivity contribution in [1.29, 1.82) is 5.26 Å². The lowest BCUT2D eigenvalue weighted by atomic mass is 10.1. The summed E-state index contributed by atoms with van der Waals surface area (Å²) >= 11 is 0. The van der Waals surface area contributed by atoms with E-state index >= 15 is 0 Å². The molecule has 1 saturated heterocycles. The van der Waals surface area contributed by atoms with Crippen molar-refractivity contribution < 1.29 is 9.16 Å². The molecule has 1 aliphatic heterocycles. The highest BCUT2D eigenvalue weighted by Crippen LogP contribution is 2.24. The topological polar surface area (TPSA) is 42.2 Å². The van der Waals surface area contributed by atoms with Crippen molar-refractivity contribution in [2.75, 3.05) is 0 Å². The predicted molar refractivity (Wildman–Crippen MR) is 57.4 cm³/mol. The molecule has 0 N–H and O–H groups in total. The van der Waals surface area contributed by atoms with Crippen LogP contribution >= 0.6 is 0 Å². The molecule has 0 saturated carbocycles. The third kappa shape index (κ3) is 3.41. The molecular formula is C10H19NO2Si. The van der Waals surface area contributed by atoms with Crippen LogP contribution in [0.15, 0.2) is 0 Å². The van der Waals surface area contributed by atoms with Crippen molar-refractivity contribution in [3.8, 4) is 6.07 Å². The maximum absolute atomic E-state index is 9.00. The number of nitrogens with zero attached hydrogens (tertiary/aromatic N) is 1. The predicted octanol–water partition coefficient (Wildman–Crippen LogP) is 2.30. The van der Waals surface area contributed by atoms with Gasteiger partial charge < -0.3 is 9.16 Å². The van der Waals surface area contributed by atoms with Crippen molar-refractivity contribution in [2.45, 2.75) is 57.7 Å². The third-order valence-electron chi connectivity index (χ3n) is 2.21. The third-order valence-corrected chi connectivity index (χ3v) is 3.17. The molecule has 3 nitrogen and oxygen atoms in total. The first-order chi connectivity index (χ1) is 6.42. The summed E-state index contributed by atoms with van der Waals surface area (Å²) < 4.78 is 11.4. The van der Waals surface area contributed by atoms with Crippen LogP contribution < -0.4 is 0 Å². The summed E-state index contributed by atoms with van der Waals surface area (Å²) in [5.74, 6) is 0. The normalized spacial score (nSPS) is 29.9. The summed E-state index contributed by atoms with van der Waals surface area (Å²) in [6, 6.07) is 2.21. The Morgan fingerprint density at radius 1 is 1.43 bits per heavy atom. The lowest BCUT2D eigenvalue weighted by Crippen LogP contribution is -2.38. The number of nitriles is 1. The van der Waals surface area contributed by atoms with Crippen molar-refractivity contribution in [1.82, 2.24) is 0 Å². The number of ether oxygens (including phenoxy) is 1. The van der Waals surface area contributed by atoms with Crippen LogP contribution in [0.5, 0.6) is 0 Å². The quantitative estimate of drug-likeness (QED) is 0.676. The minimum Gasteiger partial charge on any atom is -0.400 e. The number of rotatable bonds is 3. The lowest BCUT2D eigenvalue weighted by molar-refractivity contribution is 0.000445. The first-order valence-electron chi connectivity index (χ1n) is 5.15. The van der Waals surface area contributed by atoms with E-state index in [9.17, 15) is 0 Å². The summed E-state index contributed by atoms with van der Waals surface area (Å²) in [5.41, 5.74) is 0. The van der Waals surface area contributed by atoms with E-state index in [4.69, 9.17) is 14.4 Å². The second-order valence-corrected chi connectivity index (χ2v) is 9.30. The number of hydrogen-bond acceptors (Lipinski definition) is 3. The van der Waals surface area contributed by atoms with Gasteiger partial charge in [0.25, 0.3) is 0 Å². The molecule has 1 fully saturated rings. The van der Waals surface area contributed by atoms with Gasteiger partial charge in [-0.3, -0.25) is 0 Å². The largest absolute Gasteiger partial charge is 0.400 e. The molecule has 0 aliphatic carbocycles. The molecule has 0 amide bonds. The summed E-state index contributed by atoms with van der Waals surface area (Å²) in [4.78, 5) is 0. The van der Waals surface area contributed by atoms with Crippen molar-refractivity contribution in [2.24, 2.45) is 0 Å². The van der Waals surface area contributed by atoms with Crippen LogP contribution in [0.1, 0.15) is 19.8 Å². The minimum absolute atomic E-state index is 0.0123. The zero-order chi connectivity index (χ0) is 10.8. The average molecular weight is 213 g/mol. The smallest absolute Gasteiger partial charge is 0.185 e. The van der Waals surface area contributed by atoms with Gasteiger partial charge in [-0.15, -0.1) is 0 Å². The van der Waals surface area contributed by atoms with Gasteiger partial charge in [0.2, 0.25) is 0 Å². The van der Waals surface area contributed by atoms with E-state index in [0.29, 0.717) is 0 Å². The van der Waals surface area contributed by atoms with Crippen LogP contribution in [0.25, 0.3) is 0 Å². The SMILES string of the molecule is CC1CCC(C(C#N)O[Si](C)(C)C)O1. The molecule has 0 bridgehead atoms. The fourth-order valence-corrected chi connectivity index (χ4v) is 2.59. The van der Waals surface area contributed by atoms with E-state index in [1.807, 2.05) is 6.92 Å². The molecule has 1 aliphatic rings. The van der Waals surface area contributed by atoms with Gasteiger partial charge in [-0.2, -0.15) is 5.26 Å². The van der Waals surface area contributed by atoms with Gasteiger partial charge in [0.1, 0.15) is 0 Å². The van der Waals surface area contributed by atoms with Crippen LogP contribution in [0, 0.1) is 11.3 Å². The monoisotopic (exact) mass is 213 g/mol. The molecule has 1 rings (SSSR count). The Balaban J connectivity index is 2.51. The highest BCUT2D eigenvalue weighted by atomic mass is 28.4. The molecule has 0 radical (unpaired) electrons. The molecule has 0 spiro atoms. The van der Waals surface area contributed by atoms with Gasteiger partial charge in [0, 0.05) is 0 Å². The standard InChI is InChI=1S/C10H19NO2Si/c1-8-5-6-9(12-8)10(7-11)13-14(2,3)4/h8-10H,5-6H2,1-4H3. The van der Waals surface area contributed by atoms with Gasteiger partial charge >= 0.3 is 0 Å². The molecule has 0 aromatic rings. The summed E-state index contributed by atoms with van der Waals surface area (Å²) in [5, 5.41) is 9.00. The van der Waals surface area contributed by atoms with Gasteiger partial charge in [-0.05, 0) is 39.4 Å². The first-order valence-corrected chi connectivity index (χ1v) is 8.56. The molecule has 80 valence electrons. The van der Waals surface area contributed by atoms with Crippen LogP contribution in [0.2, 0.25) is 19.6 Å². The van der Waals surface area contributed by atoms with Crippen LogP contribution in [-0.4, -0.2) is 26.6 Å². The Labute approximate surface area is 87.1 Å². The Hall–Kier alpha value is -0.373. The maximum atomic E-state index is 9.00. The first kappa shape index (κ1) is 11.7. The highest BCUT2D eigenvalue weighted by molar-refractivity contribution is 6.69. The Morgan fingerprint density at radius 3 is 2.43 bits per heavy atom. The average Bonchev–Trinajstić information content (AvgIpc) is 2.46. The van der Waals surface area contributed by atoms with Crippen molar-refractivity contribution in [3.63, 3.8) is 0 Å². The summed E-state index contributed by atoms with van der Waals surface area (Å²) in [6.45, 7) is 8.32. The van der Waals surface area contributed by atoms with E-state index < -0.39 is 8.32 Å². The Morgan fingerprint density at radius 2 is 2.07 bits per heavy atom. The maximum Gasteiger partial charge on any atom is 0.185 e. The molecule has 3 atom stereocenters. The Bertz CT molecular complexity index is 231. The minimum atomic E-state index is -1.63. The van der Waals surface area contributed by atoms with Gasteiger partial charge in [-0.1, -0.05) is 0 Å². The second-order valence-electron chi connectivity index (χ2n) is 4.84. The fraction of sp³-hybridized carbons (Fsp3) is 0.900. The van der Waals surface area contributed by atoms with E-state index in [1.165, 1.54) is 0 Å². The van der Waals surface area contributed by atoms with Gasteiger partial charge in [0.05, 0.1) is 18.3 Å². The summed E-state index contributed by atoms with van der Waals surface area (Å²) in [6.07, 6.45) is 1.89. The molecular weight excluding hydrogens is 194 g/mol. The van der Waals surface area contributed by atoms with Crippen LogP contribution in [0.4, 0.5) is 0 Å². The summed E-state index contributed by atoms with van der Waals surface area (Å²) in [7, 11) is -1.63. The van der Waals surface area contributed by atoms with Gasteiger partial charge in [0.15, 0.2) is 14.4 Å². The molecule has 0 aromatic carbocycles.